The summed E-state index contributed by atoms with van der Waals surface area (Å²) in [4.78, 5) is 39.0. The van der Waals surface area contributed by atoms with Crippen LogP contribution in [0.5, 0.6) is 0 Å². The van der Waals surface area contributed by atoms with Crippen molar-refractivity contribution >= 4 is 11.8 Å². The summed E-state index contributed by atoms with van der Waals surface area (Å²) in [7, 11) is 0. The third-order valence-corrected chi connectivity index (χ3v) is 6.83. The van der Waals surface area contributed by atoms with E-state index < -0.39 is 0 Å². The number of likely N-dealkylation sites (tertiary alicyclic amines) is 2. The second-order valence-corrected chi connectivity index (χ2v) is 9.16. The molecule has 170 valence electrons. The van der Waals surface area contributed by atoms with Crippen LogP contribution in [0.1, 0.15) is 66.4 Å². The summed E-state index contributed by atoms with van der Waals surface area (Å²) >= 11 is 0. The smallest absolute Gasteiger partial charge is 0.227 e. The quantitative estimate of drug-likeness (QED) is 0.697. The van der Waals surface area contributed by atoms with Crippen molar-refractivity contribution in [3.05, 3.63) is 58.7 Å². The maximum Gasteiger partial charge on any atom is 0.227 e. The lowest BCUT2D eigenvalue weighted by Crippen LogP contribution is -2.39. The SMILES string of the molecule is Cc1nc(C2CCCN(C(=O)CCc3ccccc3)C2)nc(C)c1CC(=O)N1CCCC1. The van der Waals surface area contributed by atoms with E-state index in [2.05, 4.69) is 12.1 Å². The van der Waals surface area contributed by atoms with Gasteiger partial charge in [0, 0.05) is 55.5 Å². The third-order valence-electron chi connectivity index (χ3n) is 6.83. The summed E-state index contributed by atoms with van der Waals surface area (Å²) in [5.74, 6) is 1.36. The van der Waals surface area contributed by atoms with Crippen molar-refractivity contribution in [1.29, 1.82) is 0 Å². The Bertz CT molecular complexity index is 931. The van der Waals surface area contributed by atoms with Crippen LogP contribution in [0.2, 0.25) is 0 Å². The molecule has 6 nitrogen and oxygen atoms in total. The number of rotatable bonds is 6. The molecule has 1 atom stereocenters. The highest BCUT2D eigenvalue weighted by atomic mass is 16.2. The van der Waals surface area contributed by atoms with Crippen LogP contribution >= 0.6 is 0 Å². The van der Waals surface area contributed by atoms with E-state index in [0.29, 0.717) is 19.4 Å². The molecule has 6 heteroatoms. The number of aromatic nitrogens is 2. The molecule has 2 aliphatic rings. The number of piperidine rings is 1. The molecule has 2 aromatic rings. The minimum Gasteiger partial charge on any atom is -0.342 e. The molecule has 32 heavy (non-hydrogen) atoms. The number of hydrogen-bond acceptors (Lipinski definition) is 4. The first-order valence-corrected chi connectivity index (χ1v) is 11.9. The highest BCUT2D eigenvalue weighted by molar-refractivity contribution is 5.79. The van der Waals surface area contributed by atoms with Gasteiger partial charge in [-0.3, -0.25) is 9.59 Å². The topological polar surface area (TPSA) is 66.4 Å². The standard InChI is InChI=1S/C26H34N4O2/c1-19-23(17-25(32)29-14-6-7-15-29)20(2)28-26(27-19)22-11-8-16-30(18-22)24(31)13-12-21-9-4-3-5-10-21/h3-5,9-10,22H,6-8,11-18H2,1-2H3. The summed E-state index contributed by atoms with van der Waals surface area (Å²) in [5, 5.41) is 0. The van der Waals surface area contributed by atoms with Crippen molar-refractivity contribution in [3.8, 4) is 0 Å². The number of benzene rings is 1. The molecule has 0 spiro atoms. The van der Waals surface area contributed by atoms with E-state index in [1.165, 1.54) is 5.56 Å². The molecule has 2 aliphatic heterocycles. The lowest BCUT2D eigenvalue weighted by Gasteiger charge is -2.32. The van der Waals surface area contributed by atoms with Gasteiger partial charge in [0.25, 0.3) is 0 Å². The zero-order valence-electron chi connectivity index (χ0n) is 19.3. The van der Waals surface area contributed by atoms with Gasteiger partial charge in [0.1, 0.15) is 5.82 Å². The highest BCUT2D eigenvalue weighted by Gasteiger charge is 2.28. The van der Waals surface area contributed by atoms with E-state index >= 15 is 0 Å². The molecule has 4 rings (SSSR count). The fourth-order valence-corrected chi connectivity index (χ4v) is 4.90. The molecule has 0 aliphatic carbocycles. The minimum absolute atomic E-state index is 0.158. The first-order chi connectivity index (χ1) is 15.5. The van der Waals surface area contributed by atoms with Gasteiger partial charge < -0.3 is 9.80 Å². The van der Waals surface area contributed by atoms with Gasteiger partial charge in [-0.25, -0.2) is 9.97 Å². The number of amides is 2. The molecule has 0 bridgehead atoms. The molecule has 0 saturated carbocycles. The van der Waals surface area contributed by atoms with Crippen LogP contribution < -0.4 is 0 Å². The van der Waals surface area contributed by atoms with Gasteiger partial charge in [0.2, 0.25) is 11.8 Å². The van der Waals surface area contributed by atoms with E-state index in [0.717, 1.165) is 74.5 Å². The number of carbonyl (C=O) groups excluding carboxylic acids is 2. The maximum absolute atomic E-state index is 12.8. The summed E-state index contributed by atoms with van der Waals surface area (Å²) in [6, 6.07) is 10.2. The van der Waals surface area contributed by atoms with Crippen LogP contribution in [0.15, 0.2) is 30.3 Å². The van der Waals surface area contributed by atoms with E-state index in [1.54, 1.807) is 0 Å². The predicted octanol–water partition coefficient (Wildman–Crippen LogP) is 3.60. The van der Waals surface area contributed by atoms with Crippen LogP contribution in [-0.2, 0) is 22.4 Å². The van der Waals surface area contributed by atoms with Gasteiger partial charge in [-0.2, -0.15) is 0 Å². The Balaban J connectivity index is 1.39. The minimum atomic E-state index is 0.158. The first kappa shape index (κ1) is 22.4. The molecular formula is C26H34N4O2. The summed E-state index contributed by atoms with van der Waals surface area (Å²) in [5.41, 5.74) is 3.94. The zero-order valence-corrected chi connectivity index (χ0v) is 19.3. The molecule has 1 aromatic heterocycles. The van der Waals surface area contributed by atoms with E-state index in [4.69, 9.17) is 9.97 Å². The number of carbonyl (C=O) groups is 2. The fourth-order valence-electron chi connectivity index (χ4n) is 4.90. The third kappa shape index (κ3) is 5.34. The first-order valence-electron chi connectivity index (χ1n) is 11.9. The Labute approximate surface area is 191 Å². The number of aryl methyl sites for hydroxylation is 3. The van der Waals surface area contributed by atoms with Gasteiger partial charge in [0.15, 0.2) is 0 Å². The molecular weight excluding hydrogens is 400 g/mol. The number of nitrogens with zero attached hydrogens (tertiary/aromatic N) is 4. The highest BCUT2D eigenvalue weighted by Crippen LogP contribution is 2.27. The van der Waals surface area contributed by atoms with Crippen molar-refractivity contribution < 1.29 is 9.59 Å². The van der Waals surface area contributed by atoms with E-state index in [-0.39, 0.29) is 17.7 Å². The molecule has 0 radical (unpaired) electrons. The predicted molar refractivity (Wildman–Crippen MR) is 124 cm³/mol. The molecule has 3 heterocycles. The Kier molecular flexibility index (Phi) is 7.18. The Morgan fingerprint density at radius 1 is 0.906 bits per heavy atom. The average molecular weight is 435 g/mol. The molecule has 1 aromatic carbocycles. The Morgan fingerprint density at radius 2 is 1.56 bits per heavy atom. The molecule has 2 saturated heterocycles. The van der Waals surface area contributed by atoms with Crippen molar-refractivity contribution in [2.45, 2.75) is 64.7 Å². The van der Waals surface area contributed by atoms with Crippen molar-refractivity contribution in [3.63, 3.8) is 0 Å². The van der Waals surface area contributed by atoms with Gasteiger partial charge in [-0.1, -0.05) is 30.3 Å². The second-order valence-electron chi connectivity index (χ2n) is 9.16. The van der Waals surface area contributed by atoms with Crippen LogP contribution in [0.3, 0.4) is 0 Å². The molecule has 1 unspecified atom stereocenters. The van der Waals surface area contributed by atoms with Crippen molar-refractivity contribution in [2.24, 2.45) is 0 Å². The largest absolute Gasteiger partial charge is 0.342 e. The monoisotopic (exact) mass is 434 g/mol. The molecule has 0 N–H and O–H groups in total. The van der Waals surface area contributed by atoms with Crippen molar-refractivity contribution in [1.82, 2.24) is 19.8 Å². The van der Waals surface area contributed by atoms with Crippen LogP contribution in [0.4, 0.5) is 0 Å². The van der Waals surface area contributed by atoms with Crippen molar-refractivity contribution in [2.75, 3.05) is 26.2 Å². The van der Waals surface area contributed by atoms with E-state index in [1.807, 2.05) is 41.8 Å². The lowest BCUT2D eigenvalue weighted by atomic mass is 9.95. The second kappa shape index (κ2) is 10.2. The van der Waals surface area contributed by atoms with Gasteiger partial charge in [-0.15, -0.1) is 0 Å². The maximum atomic E-state index is 12.8. The summed E-state index contributed by atoms with van der Waals surface area (Å²) in [6.07, 6.45) is 5.85. The average Bonchev–Trinajstić information content (AvgIpc) is 3.35. The lowest BCUT2D eigenvalue weighted by molar-refractivity contribution is -0.132. The molecule has 2 fully saturated rings. The van der Waals surface area contributed by atoms with Gasteiger partial charge in [0.05, 0.1) is 6.42 Å². The van der Waals surface area contributed by atoms with E-state index in [9.17, 15) is 9.59 Å². The normalized spacial score (nSPS) is 18.8. The summed E-state index contributed by atoms with van der Waals surface area (Å²) in [6.45, 7) is 7.19. The molecule has 2 amide bonds. The number of hydrogen-bond donors (Lipinski definition) is 0. The van der Waals surface area contributed by atoms with Crippen LogP contribution in [0.25, 0.3) is 0 Å². The van der Waals surface area contributed by atoms with Gasteiger partial charge in [-0.05, 0) is 51.5 Å². The Morgan fingerprint density at radius 3 is 2.25 bits per heavy atom. The summed E-state index contributed by atoms with van der Waals surface area (Å²) < 4.78 is 0. The van der Waals surface area contributed by atoms with Gasteiger partial charge >= 0.3 is 0 Å². The van der Waals surface area contributed by atoms with Crippen LogP contribution in [-0.4, -0.2) is 57.8 Å². The zero-order chi connectivity index (χ0) is 22.5. The fraction of sp³-hybridized carbons (Fsp3) is 0.538. The van der Waals surface area contributed by atoms with Crippen LogP contribution in [0, 0.1) is 13.8 Å². The Hall–Kier alpha value is -2.76.